The fourth-order valence-electron chi connectivity index (χ4n) is 2.33. The van der Waals surface area contributed by atoms with E-state index in [-0.39, 0.29) is 30.4 Å². The lowest BCUT2D eigenvalue weighted by Crippen LogP contribution is -2.51. The summed E-state index contributed by atoms with van der Waals surface area (Å²) in [6.07, 6.45) is 3.15. The van der Waals surface area contributed by atoms with Gasteiger partial charge in [-0.15, -0.1) is 12.4 Å². The highest BCUT2D eigenvalue weighted by atomic mass is 79.9. The van der Waals surface area contributed by atoms with Crippen molar-refractivity contribution in [2.24, 2.45) is 5.73 Å². The van der Waals surface area contributed by atoms with Gasteiger partial charge in [-0.25, -0.2) is 0 Å². The van der Waals surface area contributed by atoms with Gasteiger partial charge in [0.15, 0.2) is 10.4 Å². The number of hydrogen-bond acceptors (Lipinski definition) is 3. The zero-order valence-corrected chi connectivity index (χ0v) is 12.7. The molecule has 1 aromatic heterocycles. The Morgan fingerprint density at radius 1 is 1.56 bits per heavy atom. The Labute approximate surface area is 121 Å². The van der Waals surface area contributed by atoms with Crippen molar-refractivity contribution in [1.29, 1.82) is 0 Å². The van der Waals surface area contributed by atoms with Crippen molar-refractivity contribution in [3.8, 4) is 0 Å². The Morgan fingerprint density at radius 3 is 2.83 bits per heavy atom. The van der Waals surface area contributed by atoms with E-state index in [1.807, 2.05) is 11.8 Å². The van der Waals surface area contributed by atoms with Gasteiger partial charge in [0.2, 0.25) is 0 Å². The molecule has 0 radical (unpaired) electrons. The van der Waals surface area contributed by atoms with E-state index in [2.05, 4.69) is 15.9 Å². The minimum absolute atomic E-state index is 0. The van der Waals surface area contributed by atoms with Crippen LogP contribution in [0.3, 0.4) is 0 Å². The SMILES string of the molecule is CC(N)C1CCCCN1C(=O)c1ccc(Br)o1.Cl. The maximum Gasteiger partial charge on any atom is 0.289 e. The van der Waals surface area contributed by atoms with Gasteiger partial charge in [-0.1, -0.05) is 0 Å². The molecule has 0 spiro atoms. The number of amides is 1. The lowest BCUT2D eigenvalue weighted by Gasteiger charge is -2.37. The first-order valence-electron chi connectivity index (χ1n) is 5.91. The van der Waals surface area contributed by atoms with E-state index in [9.17, 15) is 4.79 Å². The van der Waals surface area contributed by atoms with Crippen LogP contribution in [0.25, 0.3) is 0 Å². The number of halogens is 2. The Balaban J connectivity index is 0.00000162. The largest absolute Gasteiger partial charge is 0.444 e. The van der Waals surface area contributed by atoms with Crippen LogP contribution in [0, 0.1) is 0 Å². The van der Waals surface area contributed by atoms with Crippen molar-refractivity contribution in [2.45, 2.75) is 38.3 Å². The van der Waals surface area contributed by atoms with Gasteiger partial charge in [0.25, 0.3) is 5.91 Å². The number of piperidine rings is 1. The van der Waals surface area contributed by atoms with Crippen molar-refractivity contribution in [2.75, 3.05) is 6.54 Å². The van der Waals surface area contributed by atoms with Crippen LogP contribution in [0.4, 0.5) is 0 Å². The zero-order chi connectivity index (χ0) is 12.4. The molecule has 0 aliphatic carbocycles. The van der Waals surface area contributed by atoms with Crippen LogP contribution in [-0.4, -0.2) is 29.4 Å². The van der Waals surface area contributed by atoms with E-state index >= 15 is 0 Å². The second kappa shape index (κ2) is 6.59. The first-order chi connectivity index (χ1) is 8.09. The van der Waals surface area contributed by atoms with E-state index < -0.39 is 0 Å². The van der Waals surface area contributed by atoms with Crippen LogP contribution in [-0.2, 0) is 0 Å². The summed E-state index contributed by atoms with van der Waals surface area (Å²) < 4.78 is 5.89. The fourth-order valence-corrected chi connectivity index (χ4v) is 2.63. The average molecular weight is 338 g/mol. The summed E-state index contributed by atoms with van der Waals surface area (Å²) in [4.78, 5) is 14.1. The van der Waals surface area contributed by atoms with Gasteiger partial charge in [-0.3, -0.25) is 4.79 Å². The normalized spacial score (nSPS) is 21.3. The third-order valence-corrected chi connectivity index (χ3v) is 3.63. The van der Waals surface area contributed by atoms with E-state index in [0.717, 1.165) is 25.8 Å². The molecule has 4 nitrogen and oxygen atoms in total. The maximum atomic E-state index is 12.3. The molecule has 1 aliphatic heterocycles. The van der Waals surface area contributed by atoms with Gasteiger partial charge in [0.1, 0.15) is 0 Å². The van der Waals surface area contributed by atoms with Gasteiger partial charge in [-0.05, 0) is 54.2 Å². The number of carbonyl (C=O) groups is 1. The summed E-state index contributed by atoms with van der Waals surface area (Å²) >= 11 is 3.21. The maximum absolute atomic E-state index is 12.3. The van der Waals surface area contributed by atoms with E-state index in [1.165, 1.54) is 0 Å². The summed E-state index contributed by atoms with van der Waals surface area (Å²) in [5.41, 5.74) is 5.94. The summed E-state index contributed by atoms with van der Waals surface area (Å²) in [7, 11) is 0. The number of rotatable bonds is 2. The molecule has 102 valence electrons. The first kappa shape index (κ1) is 15.5. The molecule has 0 saturated carbocycles. The summed E-state index contributed by atoms with van der Waals surface area (Å²) in [5, 5.41) is 0. The molecular formula is C12H18BrClN2O2. The molecule has 2 N–H and O–H groups in total. The molecule has 1 aliphatic rings. The molecule has 2 rings (SSSR count). The molecular weight excluding hydrogens is 320 g/mol. The Morgan fingerprint density at radius 2 is 2.28 bits per heavy atom. The molecule has 2 atom stereocenters. The highest BCUT2D eigenvalue weighted by Gasteiger charge is 2.31. The number of likely N-dealkylation sites (tertiary alicyclic amines) is 1. The van der Waals surface area contributed by atoms with Gasteiger partial charge >= 0.3 is 0 Å². The predicted molar refractivity (Wildman–Crippen MR) is 76.0 cm³/mol. The Hall–Kier alpha value is -0.520. The number of furan rings is 1. The molecule has 2 heterocycles. The van der Waals surface area contributed by atoms with Gasteiger partial charge in [0, 0.05) is 18.6 Å². The molecule has 0 aromatic carbocycles. The third kappa shape index (κ3) is 3.28. The topological polar surface area (TPSA) is 59.5 Å². The minimum Gasteiger partial charge on any atom is -0.444 e. The molecule has 2 unspecified atom stereocenters. The number of hydrogen-bond donors (Lipinski definition) is 1. The van der Waals surface area contributed by atoms with Gasteiger partial charge < -0.3 is 15.1 Å². The summed E-state index contributed by atoms with van der Waals surface area (Å²) in [6, 6.07) is 3.55. The second-order valence-corrected chi connectivity index (χ2v) is 5.31. The lowest BCUT2D eigenvalue weighted by atomic mass is 9.96. The highest BCUT2D eigenvalue weighted by Crippen LogP contribution is 2.23. The molecule has 1 saturated heterocycles. The van der Waals surface area contributed by atoms with Crippen LogP contribution in [0.2, 0.25) is 0 Å². The lowest BCUT2D eigenvalue weighted by molar-refractivity contribution is 0.0550. The van der Waals surface area contributed by atoms with Crippen molar-refractivity contribution >= 4 is 34.2 Å². The molecule has 1 aromatic rings. The number of nitrogens with two attached hydrogens (primary N) is 1. The fraction of sp³-hybridized carbons (Fsp3) is 0.583. The quantitative estimate of drug-likeness (QED) is 0.902. The van der Waals surface area contributed by atoms with E-state index in [4.69, 9.17) is 10.2 Å². The van der Waals surface area contributed by atoms with Crippen molar-refractivity contribution in [3.05, 3.63) is 22.6 Å². The van der Waals surface area contributed by atoms with Gasteiger partial charge in [-0.2, -0.15) is 0 Å². The van der Waals surface area contributed by atoms with Crippen LogP contribution in [0.1, 0.15) is 36.7 Å². The second-order valence-electron chi connectivity index (χ2n) is 4.52. The molecule has 6 heteroatoms. The number of carbonyl (C=O) groups excluding carboxylic acids is 1. The van der Waals surface area contributed by atoms with Crippen LogP contribution < -0.4 is 5.73 Å². The number of nitrogens with zero attached hydrogens (tertiary/aromatic N) is 1. The molecule has 1 fully saturated rings. The van der Waals surface area contributed by atoms with Crippen molar-refractivity contribution in [3.63, 3.8) is 0 Å². The third-order valence-electron chi connectivity index (χ3n) is 3.20. The van der Waals surface area contributed by atoms with Crippen LogP contribution in [0.15, 0.2) is 21.2 Å². The van der Waals surface area contributed by atoms with Crippen LogP contribution in [0.5, 0.6) is 0 Å². The van der Waals surface area contributed by atoms with Gasteiger partial charge in [0.05, 0.1) is 0 Å². The van der Waals surface area contributed by atoms with E-state index in [1.54, 1.807) is 12.1 Å². The standard InChI is InChI=1S/C12H17BrN2O2.ClH/c1-8(14)9-4-2-3-7-15(9)12(16)10-5-6-11(13)17-10;/h5-6,8-9H,2-4,7,14H2,1H3;1H. The summed E-state index contributed by atoms with van der Waals surface area (Å²) in [5.74, 6) is 0.321. The minimum atomic E-state index is -0.0577. The first-order valence-corrected chi connectivity index (χ1v) is 6.71. The van der Waals surface area contributed by atoms with E-state index in [0.29, 0.717) is 10.4 Å². The van der Waals surface area contributed by atoms with Crippen molar-refractivity contribution in [1.82, 2.24) is 4.90 Å². The monoisotopic (exact) mass is 336 g/mol. The highest BCUT2D eigenvalue weighted by molar-refractivity contribution is 9.10. The molecule has 18 heavy (non-hydrogen) atoms. The van der Waals surface area contributed by atoms with Crippen LogP contribution >= 0.6 is 28.3 Å². The smallest absolute Gasteiger partial charge is 0.289 e. The molecule has 0 bridgehead atoms. The van der Waals surface area contributed by atoms with Crippen molar-refractivity contribution < 1.29 is 9.21 Å². The zero-order valence-electron chi connectivity index (χ0n) is 10.3. The molecule has 1 amide bonds. The Bertz CT molecular complexity index is 409. The average Bonchev–Trinajstić information content (AvgIpc) is 2.75. The summed E-state index contributed by atoms with van der Waals surface area (Å²) in [6.45, 7) is 2.72. The predicted octanol–water partition coefficient (Wildman–Crippen LogP) is 2.81. The Kier molecular flexibility index (Phi) is 5.69.